The predicted octanol–water partition coefficient (Wildman–Crippen LogP) is 1.67. The molecule has 8 heteroatoms. The van der Waals surface area contributed by atoms with Crippen LogP contribution in [0.25, 0.3) is 0 Å². The van der Waals surface area contributed by atoms with Gasteiger partial charge in [-0.1, -0.05) is 24.3 Å². The number of hydrogen-bond donors (Lipinski definition) is 2. The molecule has 0 aromatic heterocycles. The van der Waals surface area contributed by atoms with Crippen LogP contribution in [0.3, 0.4) is 0 Å². The van der Waals surface area contributed by atoms with E-state index in [1.807, 2.05) is 41.3 Å². The molecule has 1 aliphatic heterocycles. The number of rotatable bonds is 8. The number of nitrogens with zero attached hydrogens (tertiary/aromatic N) is 1. The summed E-state index contributed by atoms with van der Waals surface area (Å²) in [5, 5.41) is 5.98. The molecule has 0 bridgehead atoms. The van der Waals surface area contributed by atoms with E-state index >= 15 is 0 Å². The second kappa shape index (κ2) is 9.65. The third kappa shape index (κ3) is 4.65. The van der Waals surface area contributed by atoms with Crippen molar-refractivity contribution in [3.8, 4) is 5.75 Å². The van der Waals surface area contributed by atoms with Crippen molar-refractivity contribution < 1.29 is 14.3 Å². The van der Waals surface area contributed by atoms with Crippen LogP contribution < -0.4 is 31.1 Å². The van der Waals surface area contributed by atoms with E-state index in [1.54, 1.807) is 19.2 Å². The second-order valence-corrected chi connectivity index (χ2v) is 7.56. The molecule has 1 heterocycles. The number of anilines is 2. The summed E-state index contributed by atoms with van der Waals surface area (Å²) in [4.78, 5) is 38.3. The number of ether oxygens (including phenoxy) is 2. The number of morpholine rings is 1. The molecular weight excluding hydrogens is 410 g/mol. The lowest BCUT2D eigenvalue weighted by atomic mass is 10.1. The molecule has 3 aromatic rings. The van der Waals surface area contributed by atoms with Crippen molar-refractivity contribution in [2.75, 3.05) is 43.6 Å². The van der Waals surface area contributed by atoms with Gasteiger partial charge >= 0.3 is 0 Å². The van der Waals surface area contributed by atoms with E-state index in [9.17, 15) is 14.4 Å². The highest BCUT2D eigenvalue weighted by Gasteiger charge is 2.26. The summed E-state index contributed by atoms with van der Waals surface area (Å²) < 4.78 is 10.4. The maximum absolute atomic E-state index is 12.4. The van der Waals surface area contributed by atoms with Crippen LogP contribution in [0, 0.1) is 0 Å². The van der Waals surface area contributed by atoms with Crippen molar-refractivity contribution in [1.29, 1.82) is 0 Å². The normalized spacial score (nSPS) is 13.7. The van der Waals surface area contributed by atoms with Crippen LogP contribution in [0.2, 0.25) is 0 Å². The average Bonchev–Trinajstić information content (AvgIpc) is 2.85. The minimum absolute atomic E-state index is 0.169. The highest BCUT2D eigenvalue weighted by molar-refractivity contribution is 5.94. The highest BCUT2D eigenvalue weighted by Crippen LogP contribution is 2.22. The first-order valence-corrected chi connectivity index (χ1v) is 10.5. The van der Waals surface area contributed by atoms with Gasteiger partial charge in [-0.15, -0.1) is 0 Å². The summed E-state index contributed by atoms with van der Waals surface area (Å²) in [7, 11) is 1.61. The molecule has 0 saturated carbocycles. The Bertz CT molecular complexity index is 1140. The lowest BCUT2D eigenvalue weighted by Crippen LogP contribution is -2.46. The predicted molar refractivity (Wildman–Crippen MR) is 122 cm³/mol. The third-order valence-electron chi connectivity index (χ3n) is 5.51. The Hall–Kier alpha value is -3.65. The molecule has 8 nitrogen and oxygen atoms in total. The Balaban J connectivity index is 1.32. The number of methoxy groups -OCH3 is 1. The van der Waals surface area contributed by atoms with Crippen molar-refractivity contribution in [1.82, 2.24) is 5.32 Å². The largest absolute Gasteiger partial charge is 0.497 e. The van der Waals surface area contributed by atoms with Crippen molar-refractivity contribution >= 4 is 17.3 Å². The quantitative estimate of drug-likeness (QED) is 0.520. The first kappa shape index (κ1) is 21.6. The van der Waals surface area contributed by atoms with Crippen LogP contribution in [-0.4, -0.2) is 39.3 Å². The Morgan fingerprint density at radius 2 is 1.56 bits per heavy atom. The monoisotopic (exact) mass is 435 g/mol. The maximum atomic E-state index is 12.4. The molecule has 0 aliphatic carbocycles. The van der Waals surface area contributed by atoms with E-state index in [0.717, 1.165) is 16.9 Å². The van der Waals surface area contributed by atoms with Gasteiger partial charge in [0.15, 0.2) is 0 Å². The summed E-state index contributed by atoms with van der Waals surface area (Å²) in [5.74, 6) is 0.600. The number of carbonyl (C=O) groups is 1. The van der Waals surface area contributed by atoms with Crippen LogP contribution in [0.15, 0.2) is 58.1 Å². The zero-order valence-electron chi connectivity index (χ0n) is 17.8. The summed E-state index contributed by atoms with van der Waals surface area (Å²) in [6.45, 7) is 3.08. The van der Waals surface area contributed by atoms with Gasteiger partial charge in [0.2, 0.25) is 0 Å². The van der Waals surface area contributed by atoms with E-state index in [4.69, 9.17) is 9.47 Å². The van der Waals surface area contributed by atoms with Gasteiger partial charge in [-0.2, -0.15) is 0 Å². The SMILES string of the molecule is COc1ccc(CNC(=O)c2ccc(CNc3c(N4CCOCC4)c(=O)c3=O)cc2)cc1. The molecule has 0 atom stereocenters. The molecule has 2 N–H and O–H groups in total. The van der Waals surface area contributed by atoms with Gasteiger partial charge in [0, 0.05) is 31.7 Å². The zero-order chi connectivity index (χ0) is 22.5. The first-order chi connectivity index (χ1) is 15.6. The van der Waals surface area contributed by atoms with Gasteiger partial charge in [-0.05, 0) is 35.4 Å². The van der Waals surface area contributed by atoms with Crippen LogP contribution in [-0.2, 0) is 17.8 Å². The van der Waals surface area contributed by atoms with Gasteiger partial charge in [0.25, 0.3) is 16.8 Å². The fourth-order valence-corrected chi connectivity index (χ4v) is 3.62. The maximum Gasteiger partial charge on any atom is 0.253 e. The Labute approximate surface area is 185 Å². The zero-order valence-corrected chi connectivity index (χ0v) is 17.8. The smallest absolute Gasteiger partial charge is 0.253 e. The minimum Gasteiger partial charge on any atom is -0.497 e. The van der Waals surface area contributed by atoms with E-state index < -0.39 is 10.9 Å². The second-order valence-electron chi connectivity index (χ2n) is 7.56. The molecule has 166 valence electrons. The fourth-order valence-electron chi connectivity index (χ4n) is 3.62. The summed E-state index contributed by atoms with van der Waals surface area (Å²) in [6.07, 6.45) is 0. The molecule has 32 heavy (non-hydrogen) atoms. The molecule has 1 aliphatic rings. The molecule has 4 rings (SSSR count). The molecule has 1 saturated heterocycles. The third-order valence-corrected chi connectivity index (χ3v) is 5.51. The van der Waals surface area contributed by atoms with E-state index in [2.05, 4.69) is 10.6 Å². The van der Waals surface area contributed by atoms with Crippen molar-refractivity contribution in [2.45, 2.75) is 13.1 Å². The number of benzene rings is 2. The standard InChI is InChI=1S/C24H25N3O5/c1-31-19-8-4-17(5-9-19)15-26-24(30)18-6-2-16(3-7-18)14-25-20-21(23(29)22(20)28)27-10-12-32-13-11-27/h2-9,25H,10-15H2,1H3,(H,26,30). The molecule has 0 radical (unpaired) electrons. The van der Waals surface area contributed by atoms with Crippen LogP contribution in [0.1, 0.15) is 21.5 Å². The van der Waals surface area contributed by atoms with E-state index in [1.165, 1.54) is 0 Å². The van der Waals surface area contributed by atoms with Crippen molar-refractivity contribution in [2.24, 2.45) is 0 Å². The Morgan fingerprint density at radius 3 is 2.22 bits per heavy atom. The van der Waals surface area contributed by atoms with Crippen molar-refractivity contribution in [3.63, 3.8) is 0 Å². The number of amides is 1. The van der Waals surface area contributed by atoms with Gasteiger partial charge in [-0.25, -0.2) is 0 Å². The topological polar surface area (TPSA) is 97.0 Å². The number of carbonyl (C=O) groups excluding carboxylic acids is 1. The number of hydrogen-bond acceptors (Lipinski definition) is 7. The molecule has 1 amide bonds. The van der Waals surface area contributed by atoms with Gasteiger partial charge in [0.1, 0.15) is 17.1 Å². The summed E-state index contributed by atoms with van der Waals surface area (Å²) >= 11 is 0. The molecule has 0 unspecified atom stereocenters. The van der Waals surface area contributed by atoms with E-state index in [0.29, 0.717) is 56.3 Å². The van der Waals surface area contributed by atoms with Crippen LogP contribution >= 0.6 is 0 Å². The number of nitrogens with one attached hydrogen (secondary N) is 2. The molecular formula is C24H25N3O5. The fraction of sp³-hybridized carbons (Fsp3) is 0.292. The van der Waals surface area contributed by atoms with Gasteiger partial charge < -0.3 is 25.0 Å². The van der Waals surface area contributed by atoms with E-state index in [-0.39, 0.29) is 5.91 Å². The van der Waals surface area contributed by atoms with Gasteiger partial charge in [0.05, 0.1) is 20.3 Å². The van der Waals surface area contributed by atoms with Gasteiger partial charge in [-0.3, -0.25) is 14.4 Å². The van der Waals surface area contributed by atoms with Crippen molar-refractivity contribution in [3.05, 3.63) is 85.7 Å². The minimum atomic E-state index is -0.485. The average molecular weight is 435 g/mol. The molecule has 1 fully saturated rings. The molecule has 0 spiro atoms. The molecule has 3 aromatic carbocycles. The lowest BCUT2D eigenvalue weighted by Gasteiger charge is -2.30. The Morgan fingerprint density at radius 1 is 0.938 bits per heavy atom. The highest BCUT2D eigenvalue weighted by atomic mass is 16.5. The van der Waals surface area contributed by atoms with Crippen LogP contribution in [0.5, 0.6) is 5.75 Å². The first-order valence-electron chi connectivity index (χ1n) is 10.5. The summed E-state index contributed by atoms with van der Waals surface area (Å²) in [5.41, 5.74) is 2.30. The summed E-state index contributed by atoms with van der Waals surface area (Å²) in [6, 6.07) is 14.6. The lowest BCUT2D eigenvalue weighted by molar-refractivity contribution is 0.0951. The van der Waals surface area contributed by atoms with Crippen LogP contribution in [0.4, 0.5) is 11.4 Å². The Kier molecular flexibility index (Phi) is 6.51.